The molecule has 0 radical (unpaired) electrons. The molecule has 3 nitrogen and oxygen atoms in total. The predicted octanol–water partition coefficient (Wildman–Crippen LogP) is 2.37. The van der Waals surface area contributed by atoms with Crippen molar-refractivity contribution < 1.29 is 14.0 Å². The van der Waals surface area contributed by atoms with E-state index in [0.717, 1.165) is 19.3 Å². The molecule has 0 unspecified atom stereocenters. The molecule has 0 N–H and O–H groups in total. The first-order valence-corrected chi connectivity index (χ1v) is 5.79. The Labute approximate surface area is 99.2 Å². The minimum Gasteiger partial charge on any atom is -0.278 e. The van der Waals surface area contributed by atoms with Crippen LogP contribution in [0.15, 0.2) is 24.3 Å². The highest BCUT2D eigenvalue weighted by molar-refractivity contribution is 6.04. The molecule has 2 amide bonds. The highest BCUT2D eigenvalue weighted by Crippen LogP contribution is 2.16. The third-order valence-electron chi connectivity index (χ3n) is 2.92. The lowest BCUT2D eigenvalue weighted by molar-refractivity contribution is -0.128. The third kappa shape index (κ3) is 2.52. The minimum absolute atomic E-state index is 0.0252. The van der Waals surface area contributed by atoms with Gasteiger partial charge in [-0.15, -0.1) is 0 Å². The molecule has 2 rings (SSSR count). The standard InChI is InChI=1S/C13H14FNO2/c14-11-7-4-3-6-10(11)13(17)15-9-5-1-2-8-12(15)16/h3-4,6-7H,1-2,5,8-9H2. The number of hydrogen-bond acceptors (Lipinski definition) is 2. The van der Waals surface area contributed by atoms with Crippen LogP contribution in [0.5, 0.6) is 0 Å². The lowest BCUT2D eigenvalue weighted by Gasteiger charge is -2.18. The van der Waals surface area contributed by atoms with E-state index >= 15 is 0 Å². The van der Waals surface area contributed by atoms with E-state index in [1.165, 1.54) is 23.1 Å². The van der Waals surface area contributed by atoms with Crippen LogP contribution in [-0.2, 0) is 4.79 Å². The van der Waals surface area contributed by atoms with E-state index in [9.17, 15) is 14.0 Å². The zero-order chi connectivity index (χ0) is 12.3. The second kappa shape index (κ2) is 5.08. The summed E-state index contributed by atoms with van der Waals surface area (Å²) in [5.74, 6) is -1.29. The van der Waals surface area contributed by atoms with Crippen molar-refractivity contribution in [3.63, 3.8) is 0 Å². The van der Waals surface area contributed by atoms with Gasteiger partial charge in [-0.3, -0.25) is 14.5 Å². The summed E-state index contributed by atoms with van der Waals surface area (Å²) in [7, 11) is 0. The fourth-order valence-electron chi connectivity index (χ4n) is 1.98. The van der Waals surface area contributed by atoms with Crippen LogP contribution in [0.1, 0.15) is 36.0 Å². The fraction of sp³-hybridized carbons (Fsp3) is 0.385. The topological polar surface area (TPSA) is 37.4 Å². The summed E-state index contributed by atoms with van der Waals surface area (Å²) in [6, 6.07) is 5.76. The number of amides is 2. The molecule has 1 saturated heterocycles. The van der Waals surface area contributed by atoms with Crippen molar-refractivity contribution in [2.45, 2.75) is 25.7 Å². The van der Waals surface area contributed by atoms with Gasteiger partial charge in [0.1, 0.15) is 5.82 Å². The van der Waals surface area contributed by atoms with E-state index in [2.05, 4.69) is 0 Å². The molecule has 1 aliphatic rings. The maximum Gasteiger partial charge on any atom is 0.263 e. The molecule has 0 saturated carbocycles. The normalized spacial score (nSPS) is 16.8. The van der Waals surface area contributed by atoms with Crippen molar-refractivity contribution in [1.82, 2.24) is 4.90 Å². The van der Waals surface area contributed by atoms with Crippen molar-refractivity contribution >= 4 is 11.8 Å². The van der Waals surface area contributed by atoms with Crippen LogP contribution >= 0.6 is 0 Å². The van der Waals surface area contributed by atoms with E-state index in [4.69, 9.17) is 0 Å². The molecule has 1 aromatic rings. The van der Waals surface area contributed by atoms with Gasteiger partial charge in [0.05, 0.1) is 5.56 Å². The second-order valence-corrected chi connectivity index (χ2v) is 4.14. The first kappa shape index (κ1) is 11.8. The van der Waals surface area contributed by atoms with Crippen molar-refractivity contribution in [2.75, 3.05) is 6.54 Å². The number of likely N-dealkylation sites (tertiary alicyclic amines) is 1. The van der Waals surface area contributed by atoms with E-state index in [0.29, 0.717) is 13.0 Å². The van der Waals surface area contributed by atoms with Crippen molar-refractivity contribution in [1.29, 1.82) is 0 Å². The van der Waals surface area contributed by atoms with E-state index < -0.39 is 11.7 Å². The maximum atomic E-state index is 13.5. The van der Waals surface area contributed by atoms with Gasteiger partial charge in [-0.1, -0.05) is 18.6 Å². The van der Waals surface area contributed by atoms with Gasteiger partial charge in [0.2, 0.25) is 5.91 Å². The molecule has 90 valence electrons. The first-order chi connectivity index (χ1) is 8.20. The van der Waals surface area contributed by atoms with Gasteiger partial charge in [0.15, 0.2) is 0 Å². The molecule has 1 aliphatic heterocycles. The molecule has 17 heavy (non-hydrogen) atoms. The Hall–Kier alpha value is -1.71. The van der Waals surface area contributed by atoms with E-state index in [-0.39, 0.29) is 11.5 Å². The SMILES string of the molecule is O=C1CCCCCN1C(=O)c1ccccc1F. The molecule has 0 atom stereocenters. The average Bonchev–Trinajstić information content (AvgIpc) is 2.54. The largest absolute Gasteiger partial charge is 0.278 e. The number of imide groups is 1. The van der Waals surface area contributed by atoms with Crippen LogP contribution < -0.4 is 0 Å². The number of nitrogens with zero attached hydrogens (tertiary/aromatic N) is 1. The molecule has 1 heterocycles. The van der Waals surface area contributed by atoms with Gasteiger partial charge in [-0.2, -0.15) is 0 Å². The van der Waals surface area contributed by atoms with Crippen molar-refractivity contribution in [3.05, 3.63) is 35.6 Å². The predicted molar refractivity (Wildman–Crippen MR) is 60.9 cm³/mol. The number of halogens is 1. The lowest BCUT2D eigenvalue weighted by atomic mass is 10.2. The van der Waals surface area contributed by atoms with E-state index in [1.54, 1.807) is 6.07 Å². The minimum atomic E-state index is -0.574. The number of rotatable bonds is 1. The van der Waals surface area contributed by atoms with Crippen LogP contribution in [0.2, 0.25) is 0 Å². The third-order valence-corrected chi connectivity index (χ3v) is 2.92. The van der Waals surface area contributed by atoms with Gasteiger partial charge in [0.25, 0.3) is 5.91 Å². The van der Waals surface area contributed by atoms with Gasteiger partial charge in [-0.05, 0) is 25.0 Å². The zero-order valence-corrected chi connectivity index (χ0v) is 9.49. The maximum absolute atomic E-state index is 13.5. The Morgan fingerprint density at radius 3 is 2.71 bits per heavy atom. The number of benzene rings is 1. The molecule has 0 bridgehead atoms. The fourth-order valence-corrected chi connectivity index (χ4v) is 1.98. The second-order valence-electron chi connectivity index (χ2n) is 4.14. The Morgan fingerprint density at radius 1 is 1.18 bits per heavy atom. The Kier molecular flexibility index (Phi) is 3.52. The zero-order valence-electron chi connectivity index (χ0n) is 9.49. The number of carbonyl (C=O) groups is 2. The van der Waals surface area contributed by atoms with Crippen LogP contribution in [0.4, 0.5) is 4.39 Å². The summed E-state index contributed by atoms with van der Waals surface area (Å²) in [4.78, 5) is 24.9. The van der Waals surface area contributed by atoms with Crippen LogP contribution in [0.25, 0.3) is 0 Å². The van der Waals surface area contributed by atoms with E-state index in [1.807, 2.05) is 0 Å². The van der Waals surface area contributed by atoms with Crippen LogP contribution in [0, 0.1) is 5.82 Å². The Morgan fingerprint density at radius 2 is 1.94 bits per heavy atom. The van der Waals surface area contributed by atoms with Gasteiger partial charge < -0.3 is 0 Å². The summed E-state index contributed by atoms with van der Waals surface area (Å²) in [6.07, 6.45) is 2.92. The van der Waals surface area contributed by atoms with Crippen molar-refractivity contribution in [2.24, 2.45) is 0 Å². The highest BCUT2D eigenvalue weighted by Gasteiger charge is 2.25. The Balaban J connectivity index is 2.24. The lowest BCUT2D eigenvalue weighted by Crippen LogP contribution is -2.36. The highest BCUT2D eigenvalue weighted by atomic mass is 19.1. The first-order valence-electron chi connectivity index (χ1n) is 5.79. The quantitative estimate of drug-likeness (QED) is 0.701. The molecule has 0 aromatic heterocycles. The summed E-state index contributed by atoms with van der Waals surface area (Å²) >= 11 is 0. The van der Waals surface area contributed by atoms with Crippen molar-refractivity contribution in [3.8, 4) is 0 Å². The summed E-state index contributed by atoms with van der Waals surface area (Å²) < 4.78 is 13.5. The summed E-state index contributed by atoms with van der Waals surface area (Å²) in [5, 5.41) is 0. The van der Waals surface area contributed by atoms with Gasteiger partial charge in [0, 0.05) is 13.0 Å². The molecule has 0 spiro atoms. The molecular weight excluding hydrogens is 221 g/mol. The van der Waals surface area contributed by atoms with Gasteiger partial charge in [-0.25, -0.2) is 4.39 Å². The molecule has 1 aromatic carbocycles. The smallest absolute Gasteiger partial charge is 0.263 e. The van der Waals surface area contributed by atoms with Crippen LogP contribution in [-0.4, -0.2) is 23.3 Å². The average molecular weight is 235 g/mol. The molecular formula is C13H14FNO2. The monoisotopic (exact) mass is 235 g/mol. The molecule has 1 fully saturated rings. The number of carbonyl (C=O) groups excluding carboxylic acids is 2. The van der Waals surface area contributed by atoms with Crippen LogP contribution in [0.3, 0.4) is 0 Å². The Bertz CT molecular complexity index is 445. The summed E-state index contributed by atoms with van der Waals surface area (Å²) in [5.41, 5.74) is -0.0252. The molecule has 4 heteroatoms. The summed E-state index contributed by atoms with van der Waals surface area (Å²) in [6.45, 7) is 0.395. The van der Waals surface area contributed by atoms with Gasteiger partial charge >= 0.3 is 0 Å². The number of hydrogen-bond donors (Lipinski definition) is 0. The molecule has 0 aliphatic carbocycles.